The van der Waals surface area contributed by atoms with E-state index in [0.29, 0.717) is 18.7 Å². The van der Waals surface area contributed by atoms with E-state index in [1.807, 2.05) is 4.98 Å². The van der Waals surface area contributed by atoms with Crippen LogP contribution < -0.4 is 15.7 Å². The summed E-state index contributed by atoms with van der Waals surface area (Å²) in [5.41, 5.74) is -4.65. The van der Waals surface area contributed by atoms with Crippen LogP contribution in [0.3, 0.4) is 0 Å². The molecule has 10 nitrogen and oxygen atoms in total. The minimum absolute atomic E-state index is 0.0189. The molecule has 0 bridgehead atoms. The molecule has 0 saturated carbocycles. The third kappa shape index (κ3) is 4.50. The summed E-state index contributed by atoms with van der Waals surface area (Å²) < 4.78 is 75.3. The number of halogens is 3. The van der Waals surface area contributed by atoms with E-state index in [-0.39, 0.29) is 27.7 Å². The van der Waals surface area contributed by atoms with Gasteiger partial charge in [-0.15, -0.1) is 4.68 Å². The first-order valence-corrected chi connectivity index (χ1v) is 11.3. The molecule has 14 heteroatoms. The molecular formula is C18H20F3N3O7S. The Labute approximate surface area is 179 Å². The lowest BCUT2D eigenvalue weighted by Crippen LogP contribution is -2.56. The number of ether oxygens (including phenoxy) is 2. The number of H-pyrrole nitrogens is 1. The van der Waals surface area contributed by atoms with Crippen LogP contribution in [0.25, 0.3) is 10.9 Å². The van der Waals surface area contributed by atoms with Gasteiger partial charge in [-0.2, -0.15) is 13.2 Å². The number of carbonyl (C=O) groups is 1. The number of alkyl halides is 3. The van der Waals surface area contributed by atoms with Gasteiger partial charge in [0.2, 0.25) is 0 Å². The maximum atomic E-state index is 13.6. The third-order valence-corrected chi connectivity index (χ3v) is 5.56. The molecule has 0 aliphatic carbocycles. The normalized spacial score (nSPS) is 17.2. The highest BCUT2D eigenvalue weighted by Crippen LogP contribution is 2.40. The number of hydrogen-bond acceptors (Lipinski definition) is 7. The Hall–Kier alpha value is -2.87. The van der Waals surface area contributed by atoms with Gasteiger partial charge in [0, 0.05) is 6.61 Å². The maximum Gasteiger partial charge on any atom is 0.444 e. The number of carbonyl (C=O) groups excluding carboxylic acids is 1. The summed E-state index contributed by atoms with van der Waals surface area (Å²) in [6.07, 6.45) is -6.70. The molecule has 2 aromatic rings. The highest BCUT2D eigenvalue weighted by atomic mass is 32.2. The topological polar surface area (TPSA) is 128 Å². The molecule has 1 N–H and O–H groups in total. The Morgan fingerprint density at radius 3 is 2.47 bits per heavy atom. The molecule has 1 aromatic heterocycles. The van der Waals surface area contributed by atoms with E-state index in [9.17, 15) is 36.0 Å². The third-order valence-electron chi connectivity index (χ3n) is 4.62. The van der Waals surface area contributed by atoms with E-state index in [1.165, 1.54) is 13.8 Å². The molecule has 1 saturated heterocycles. The fourth-order valence-electron chi connectivity index (χ4n) is 3.38. The number of benzene rings is 1. The quantitative estimate of drug-likeness (QED) is 0.710. The van der Waals surface area contributed by atoms with Crippen LogP contribution >= 0.6 is 0 Å². The Balaban J connectivity index is 2.34. The number of sulfonamides is 1. The van der Waals surface area contributed by atoms with E-state index in [1.54, 1.807) is 0 Å². The Morgan fingerprint density at radius 2 is 1.97 bits per heavy atom. The van der Waals surface area contributed by atoms with Gasteiger partial charge in [-0.05, 0) is 44.4 Å². The molecule has 1 aliphatic heterocycles. The van der Waals surface area contributed by atoms with Crippen molar-refractivity contribution in [2.24, 2.45) is 0 Å². The van der Waals surface area contributed by atoms with Crippen LogP contribution in [-0.4, -0.2) is 43.1 Å². The van der Waals surface area contributed by atoms with Crippen LogP contribution in [-0.2, 0) is 25.7 Å². The fourth-order valence-corrected chi connectivity index (χ4v) is 4.14. The summed E-state index contributed by atoms with van der Waals surface area (Å²) >= 11 is 0. The summed E-state index contributed by atoms with van der Waals surface area (Å²) in [7, 11) is -4.54. The lowest BCUT2D eigenvalue weighted by molar-refractivity contribution is -0.139. The average Bonchev–Trinajstić information content (AvgIpc) is 3.16. The smallest absolute Gasteiger partial charge is 0.444 e. The van der Waals surface area contributed by atoms with Crippen molar-refractivity contribution in [3.8, 4) is 0 Å². The average molecular weight is 479 g/mol. The van der Waals surface area contributed by atoms with Crippen molar-refractivity contribution < 1.29 is 35.9 Å². The molecule has 1 amide bonds. The second kappa shape index (κ2) is 8.24. The van der Waals surface area contributed by atoms with Crippen LogP contribution in [0.15, 0.2) is 21.7 Å². The van der Waals surface area contributed by atoms with Gasteiger partial charge < -0.3 is 14.5 Å². The van der Waals surface area contributed by atoms with Crippen molar-refractivity contribution in [2.75, 3.05) is 17.3 Å². The zero-order valence-electron chi connectivity index (χ0n) is 17.2. The maximum absolute atomic E-state index is 13.6. The zero-order chi connectivity index (χ0) is 24.0. The van der Waals surface area contributed by atoms with Gasteiger partial charge in [-0.25, -0.2) is 18.0 Å². The number of nitrogens with zero attached hydrogens (tertiary/aromatic N) is 2. The SMILES string of the molecule is CC(C)OC(=O)N(n1c(=O)[nH]c2cc(C(F)(F)F)c(C3CCCO3)cc2c1=O)S(C)(=O)=O. The molecule has 3 rings (SSSR count). The minimum atomic E-state index is -4.80. The molecule has 1 aromatic carbocycles. The molecule has 0 radical (unpaired) electrons. The lowest BCUT2D eigenvalue weighted by Gasteiger charge is -2.22. The standard InChI is InChI=1S/C18H20F3N3O7S/c1-9(2)31-17(27)24(32(3,28)29)23-15(25)11-7-10(14-5-4-6-30-14)12(18(19,20)21)8-13(11)22-16(23)26/h7-9,14H,4-6H2,1-3H3,(H,22,26). The summed E-state index contributed by atoms with van der Waals surface area (Å²) in [5.74, 6) is 0. The minimum Gasteiger partial charge on any atom is -0.445 e. The van der Waals surface area contributed by atoms with Gasteiger partial charge in [-0.1, -0.05) is 4.41 Å². The molecule has 1 fully saturated rings. The fraction of sp³-hybridized carbons (Fsp3) is 0.500. The highest BCUT2D eigenvalue weighted by Gasteiger charge is 2.38. The zero-order valence-corrected chi connectivity index (χ0v) is 18.0. The number of hydrogen-bond donors (Lipinski definition) is 1. The van der Waals surface area contributed by atoms with Crippen molar-refractivity contribution in [3.05, 3.63) is 44.1 Å². The van der Waals surface area contributed by atoms with Crippen LogP contribution in [0, 0.1) is 0 Å². The summed E-state index contributed by atoms with van der Waals surface area (Å²) in [6, 6.07) is 1.49. The number of amides is 1. The first-order chi connectivity index (χ1) is 14.7. The van der Waals surface area contributed by atoms with Gasteiger partial charge in [0.05, 0.1) is 34.9 Å². The van der Waals surface area contributed by atoms with E-state index < -0.39 is 62.2 Å². The first-order valence-electron chi connectivity index (χ1n) is 9.44. The van der Waals surface area contributed by atoms with E-state index in [2.05, 4.69) is 0 Å². The van der Waals surface area contributed by atoms with Crippen molar-refractivity contribution in [1.82, 2.24) is 9.66 Å². The number of fused-ring (bicyclic) bond motifs is 1. The van der Waals surface area contributed by atoms with E-state index in [0.717, 1.165) is 6.07 Å². The van der Waals surface area contributed by atoms with Crippen LogP contribution in [0.4, 0.5) is 18.0 Å². The van der Waals surface area contributed by atoms with Gasteiger partial charge in [0.1, 0.15) is 0 Å². The molecule has 1 aliphatic rings. The highest BCUT2D eigenvalue weighted by molar-refractivity contribution is 7.92. The van der Waals surface area contributed by atoms with Gasteiger partial charge >= 0.3 is 18.0 Å². The molecule has 32 heavy (non-hydrogen) atoms. The summed E-state index contributed by atoms with van der Waals surface area (Å²) in [5, 5.41) is -0.436. The van der Waals surface area contributed by atoms with Crippen LogP contribution in [0.2, 0.25) is 0 Å². The number of aromatic amines is 1. The number of rotatable bonds is 4. The second-order valence-electron chi connectivity index (χ2n) is 7.47. The molecule has 1 atom stereocenters. The molecule has 176 valence electrons. The van der Waals surface area contributed by atoms with E-state index in [4.69, 9.17) is 9.47 Å². The molecule has 1 unspecified atom stereocenters. The molecule has 2 heterocycles. The van der Waals surface area contributed by atoms with Crippen molar-refractivity contribution in [1.29, 1.82) is 0 Å². The Morgan fingerprint density at radius 1 is 1.31 bits per heavy atom. The van der Waals surface area contributed by atoms with E-state index >= 15 is 0 Å². The van der Waals surface area contributed by atoms with Crippen molar-refractivity contribution in [2.45, 2.75) is 45.1 Å². The Bertz CT molecular complexity index is 1280. The van der Waals surface area contributed by atoms with Gasteiger partial charge in [0.25, 0.3) is 15.6 Å². The van der Waals surface area contributed by atoms with Gasteiger partial charge in [-0.3, -0.25) is 4.79 Å². The van der Waals surface area contributed by atoms with Crippen molar-refractivity contribution in [3.63, 3.8) is 0 Å². The van der Waals surface area contributed by atoms with Crippen LogP contribution in [0.1, 0.15) is 43.9 Å². The van der Waals surface area contributed by atoms with Crippen molar-refractivity contribution >= 4 is 27.0 Å². The lowest BCUT2D eigenvalue weighted by atomic mass is 9.97. The predicted molar refractivity (Wildman–Crippen MR) is 106 cm³/mol. The number of nitrogens with one attached hydrogen (secondary N) is 1. The molecule has 0 spiro atoms. The van der Waals surface area contributed by atoms with Gasteiger partial charge in [0.15, 0.2) is 0 Å². The van der Waals surface area contributed by atoms with Crippen LogP contribution in [0.5, 0.6) is 0 Å². The summed E-state index contributed by atoms with van der Waals surface area (Å²) in [4.78, 5) is 40.0. The molecular weight excluding hydrogens is 459 g/mol. The predicted octanol–water partition coefficient (Wildman–Crippen LogP) is 2.00. The number of aromatic nitrogens is 2. The second-order valence-corrected chi connectivity index (χ2v) is 9.28. The summed E-state index contributed by atoms with van der Waals surface area (Å²) in [6.45, 7) is 3.06. The first kappa shape index (κ1) is 23.8. The largest absolute Gasteiger partial charge is 0.445 e. The Kier molecular flexibility index (Phi) is 6.12. The monoisotopic (exact) mass is 479 g/mol.